The van der Waals surface area contributed by atoms with Crippen LogP contribution in [0.2, 0.25) is 0 Å². The van der Waals surface area contributed by atoms with Crippen LogP contribution >= 0.6 is 0 Å². The van der Waals surface area contributed by atoms with Crippen molar-refractivity contribution in [2.24, 2.45) is 0 Å². The second-order valence-electron chi connectivity index (χ2n) is 3.25. The number of hydrogen-bond acceptors (Lipinski definition) is 6. The Labute approximate surface area is 86.7 Å². The van der Waals surface area contributed by atoms with Crippen LogP contribution in [-0.4, -0.2) is 15.1 Å². The number of nitrogens with zero attached hydrogens (tertiary/aromatic N) is 3. The molecule has 6 heteroatoms. The summed E-state index contributed by atoms with van der Waals surface area (Å²) in [6.45, 7) is 5.98. The van der Waals surface area contributed by atoms with Gasteiger partial charge in [-0.05, 0) is 20.8 Å². The first-order chi connectivity index (χ1) is 7.15. The zero-order chi connectivity index (χ0) is 10.8. The van der Waals surface area contributed by atoms with Crippen LogP contribution in [0.25, 0.3) is 0 Å². The molecule has 2 aromatic rings. The molecule has 15 heavy (non-hydrogen) atoms. The van der Waals surface area contributed by atoms with E-state index in [1.807, 2.05) is 13.8 Å². The average molecular weight is 208 g/mol. The minimum atomic E-state index is 0.376. The topological polar surface area (TPSA) is 77.0 Å². The fraction of sp³-hybridized carbons (Fsp3) is 0.444. The molecule has 0 spiro atoms. The van der Waals surface area contributed by atoms with E-state index in [4.69, 9.17) is 8.94 Å². The van der Waals surface area contributed by atoms with Gasteiger partial charge in [-0.25, -0.2) is 4.98 Å². The monoisotopic (exact) mass is 208 g/mol. The van der Waals surface area contributed by atoms with E-state index in [0.717, 1.165) is 11.5 Å². The van der Waals surface area contributed by atoms with Crippen molar-refractivity contribution in [2.75, 3.05) is 5.32 Å². The van der Waals surface area contributed by atoms with E-state index in [1.165, 1.54) is 0 Å². The van der Waals surface area contributed by atoms with Crippen LogP contribution in [0.5, 0.6) is 0 Å². The predicted molar refractivity (Wildman–Crippen MR) is 52.3 cm³/mol. The summed E-state index contributed by atoms with van der Waals surface area (Å²) in [5, 5.41) is 6.58. The summed E-state index contributed by atoms with van der Waals surface area (Å²) in [4.78, 5) is 8.21. The second kappa shape index (κ2) is 3.72. The molecule has 0 aromatic carbocycles. The van der Waals surface area contributed by atoms with Crippen molar-refractivity contribution in [1.29, 1.82) is 0 Å². The normalized spacial score (nSPS) is 10.6. The lowest BCUT2D eigenvalue weighted by Gasteiger charge is -1.94. The Bertz CT molecular complexity index is 441. The Kier molecular flexibility index (Phi) is 2.40. The molecule has 0 amide bonds. The molecule has 80 valence electrons. The highest BCUT2D eigenvalue weighted by Crippen LogP contribution is 2.10. The molecule has 6 nitrogen and oxygen atoms in total. The summed E-state index contributed by atoms with van der Waals surface area (Å²) in [5.41, 5.74) is 0.897. The first-order valence-electron chi connectivity index (χ1n) is 4.62. The summed E-state index contributed by atoms with van der Waals surface area (Å²) in [6.07, 6.45) is 0. The Hall–Kier alpha value is -1.85. The van der Waals surface area contributed by atoms with E-state index in [-0.39, 0.29) is 0 Å². The van der Waals surface area contributed by atoms with Crippen molar-refractivity contribution in [3.05, 3.63) is 23.2 Å². The van der Waals surface area contributed by atoms with Gasteiger partial charge in [0, 0.05) is 0 Å². The van der Waals surface area contributed by atoms with Gasteiger partial charge in [0.1, 0.15) is 5.76 Å². The van der Waals surface area contributed by atoms with Gasteiger partial charge in [-0.15, -0.1) is 0 Å². The van der Waals surface area contributed by atoms with Gasteiger partial charge in [-0.3, -0.25) is 0 Å². The highest BCUT2D eigenvalue weighted by Gasteiger charge is 2.07. The molecule has 0 bridgehead atoms. The molecule has 0 unspecified atom stereocenters. The molecular formula is C9H12N4O2. The summed E-state index contributed by atoms with van der Waals surface area (Å²) in [6, 6.07) is 0.376. The molecule has 0 fully saturated rings. The zero-order valence-electron chi connectivity index (χ0n) is 8.87. The van der Waals surface area contributed by atoms with E-state index < -0.39 is 0 Å². The molecule has 2 heterocycles. The molecule has 0 saturated heterocycles. The quantitative estimate of drug-likeness (QED) is 0.825. The number of oxazole rings is 1. The Morgan fingerprint density at radius 3 is 2.53 bits per heavy atom. The third-order valence-corrected chi connectivity index (χ3v) is 1.99. The van der Waals surface area contributed by atoms with E-state index in [1.54, 1.807) is 6.92 Å². The van der Waals surface area contributed by atoms with E-state index >= 15 is 0 Å². The Morgan fingerprint density at radius 1 is 1.20 bits per heavy atom. The standard InChI is InChI=1S/C9H12N4O2/c1-5-6(2)14-8(11-5)4-10-9-12-7(3)13-15-9/h4H2,1-3H3,(H,10,12,13). The van der Waals surface area contributed by atoms with Gasteiger partial charge in [0.2, 0.25) is 5.89 Å². The van der Waals surface area contributed by atoms with Crippen LogP contribution in [0, 0.1) is 20.8 Å². The highest BCUT2D eigenvalue weighted by atomic mass is 16.5. The molecule has 2 rings (SSSR count). The molecule has 0 aliphatic heterocycles. The van der Waals surface area contributed by atoms with Crippen molar-refractivity contribution in [3.63, 3.8) is 0 Å². The van der Waals surface area contributed by atoms with Crippen molar-refractivity contribution in [3.8, 4) is 0 Å². The first kappa shape index (κ1) is 9.70. The summed E-state index contributed by atoms with van der Waals surface area (Å²) < 4.78 is 10.3. The minimum absolute atomic E-state index is 0.376. The van der Waals surface area contributed by atoms with Gasteiger partial charge in [0.15, 0.2) is 5.82 Å². The lowest BCUT2D eigenvalue weighted by Crippen LogP contribution is -1.99. The molecule has 0 aliphatic carbocycles. The molecule has 2 aromatic heterocycles. The van der Waals surface area contributed by atoms with Crippen LogP contribution in [0.3, 0.4) is 0 Å². The summed E-state index contributed by atoms with van der Waals surface area (Å²) in [5.74, 6) is 2.03. The largest absolute Gasteiger partial charge is 0.444 e. The fourth-order valence-electron chi connectivity index (χ4n) is 1.13. The molecular weight excluding hydrogens is 196 g/mol. The molecule has 0 aliphatic rings. The maximum absolute atomic E-state index is 5.38. The number of anilines is 1. The van der Waals surface area contributed by atoms with Gasteiger partial charge in [-0.1, -0.05) is 5.16 Å². The number of aromatic nitrogens is 3. The van der Waals surface area contributed by atoms with Crippen LogP contribution in [0.15, 0.2) is 8.94 Å². The number of hydrogen-bond donors (Lipinski definition) is 1. The number of nitrogens with one attached hydrogen (secondary N) is 1. The van der Waals surface area contributed by atoms with Gasteiger partial charge in [-0.2, -0.15) is 4.98 Å². The summed E-state index contributed by atoms with van der Waals surface area (Å²) in [7, 11) is 0. The minimum Gasteiger partial charge on any atom is -0.444 e. The van der Waals surface area contributed by atoms with Crippen molar-refractivity contribution in [1.82, 2.24) is 15.1 Å². The molecule has 0 radical (unpaired) electrons. The smallest absolute Gasteiger partial charge is 0.321 e. The lowest BCUT2D eigenvalue weighted by molar-refractivity contribution is 0.420. The van der Waals surface area contributed by atoms with E-state index in [9.17, 15) is 0 Å². The van der Waals surface area contributed by atoms with Crippen molar-refractivity contribution < 1.29 is 8.94 Å². The second-order valence-corrected chi connectivity index (χ2v) is 3.25. The van der Waals surface area contributed by atoms with Crippen LogP contribution < -0.4 is 5.32 Å². The van der Waals surface area contributed by atoms with Crippen molar-refractivity contribution >= 4 is 6.01 Å². The fourth-order valence-corrected chi connectivity index (χ4v) is 1.13. The average Bonchev–Trinajstić information content (AvgIpc) is 2.72. The van der Waals surface area contributed by atoms with Crippen molar-refractivity contribution in [2.45, 2.75) is 27.3 Å². The summed E-state index contributed by atoms with van der Waals surface area (Å²) >= 11 is 0. The van der Waals surface area contributed by atoms with Crippen LogP contribution in [0.4, 0.5) is 6.01 Å². The Morgan fingerprint density at radius 2 is 2.00 bits per heavy atom. The SMILES string of the molecule is Cc1noc(NCc2nc(C)c(C)o2)n1. The lowest BCUT2D eigenvalue weighted by atomic mass is 10.4. The van der Waals surface area contributed by atoms with E-state index in [0.29, 0.717) is 24.3 Å². The number of rotatable bonds is 3. The molecule has 0 saturated carbocycles. The predicted octanol–water partition coefficient (Wildman–Crippen LogP) is 1.59. The van der Waals surface area contributed by atoms with E-state index in [2.05, 4.69) is 20.4 Å². The zero-order valence-corrected chi connectivity index (χ0v) is 8.87. The van der Waals surface area contributed by atoms with Crippen LogP contribution in [0.1, 0.15) is 23.2 Å². The van der Waals surface area contributed by atoms with Crippen LogP contribution in [-0.2, 0) is 6.54 Å². The van der Waals surface area contributed by atoms with Gasteiger partial charge < -0.3 is 14.3 Å². The third-order valence-electron chi connectivity index (χ3n) is 1.99. The third kappa shape index (κ3) is 2.15. The van der Waals surface area contributed by atoms with Gasteiger partial charge in [0.05, 0.1) is 12.2 Å². The maximum Gasteiger partial charge on any atom is 0.321 e. The molecule has 1 N–H and O–H groups in total. The Balaban J connectivity index is 1.99. The first-order valence-corrected chi connectivity index (χ1v) is 4.62. The van der Waals surface area contributed by atoms with Gasteiger partial charge >= 0.3 is 6.01 Å². The maximum atomic E-state index is 5.38. The highest BCUT2D eigenvalue weighted by molar-refractivity contribution is 5.18. The molecule has 0 atom stereocenters. The number of aryl methyl sites for hydroxylation is 3. The van der Waals surface area contributed by atoms with Gasteiger partial charge in [0.25, 0.3) is 0 Å².